The first-order valence-corrected chi connectivity index (χ1v) is 9.81. The minimum absolute atomic E-state index is 0. The van der Waals surface area contributed by atoms with E-state index in [4.69, 9.17) is 4.74 Å². The smallest absolute Gasteiger partial charge is 0.338 e. The molecule has 1 fully saturated rings. The lowest BCUT2D eigenvalue weighted by Gasteiger charge is -2.27. The third-order valence-electron chi connectivity index (χ3n) is 3.85. The van der Waals surface area contributed by atoms with Gasteiger partial charge in [0.15, 0.2) is 0 Å². The molecule has 0 spiro atoms. The second-order valence-electron chi connectivity index (χ2n) is 5.74. The normalized spacial score (nSPS) is 14.7. The van der Waals surface area contributed by atoms with Crippen LogP contribution in [0.3, 0.4) is 0 Å². The van der Waals surface area contributed by atoms with Gasteiger partial charge in [-0.05, 0) is 38.1 Å². The Balaban J connectivity index is 0.00000338. The van der Waals surface area contributed by atoms with Crippen LogP contribution < -0.4 is 10.0 Å². The zero-order chi connectivity index (χ0) is 18.3. The van der Waals surface area contributed by atoms with E-state index in [0.29, 0.717) is 6.42 Å². The number of nitrogens with zero attached hydrogens (tertiary/aromatic N) is 1. The molecular formula is C16H26Cl2FN3O4S. The molecule has 1 aliphatic rings. The van der Waals surface area contributed by atoms with Crippen LogP contribution in [0.1, 0.15) is 23.7 Å². The molecule has 1 aromatic rings. The van der Waals surface area contributed by atoms with Gasteiger partial charge in [-0.25, -0.2) is 22.3 Å². The zero-order valence-corrected chi connectivity index (χ0v) is 17.5. The summed E-state index contributed by atoms with van der Waals surface area (Å²) in [6, 6.07) is 2.97. The summed E-state index contributed by atoms with van der Waals surface area (Å²) >= 11 is 0. The van der Waals surface area contributed by atoms with E-state index < -0.39 is 21.8 Å². The van der Waals surface area contributed by atoms with Crippen LogP contribution in [-0.2, 0) is 14.8 Å². The predicted molar refractivity (Wildman–Crippen MR) is 106 cm³/mol. The average molecular weight is 446 g/mol. The lowest BCUT2D eigenvalue weighted by Crippen LogP contribution is -2.44. The van der Waals surface area contributed by atoms with Crippen molar-refractivity contribution in [1.29, 1.82) is 0 Å². The third kappa shape index (κ3) is 8.28. The quantitative estimate of drug-likeness (QED) is 0.464. The van der Waals surface area contributed by atoms with E-state index in [1.807, 2.05) is 0 Å². The van der Waals surface area contributed by atoms with Crippen LogP contribution in [0.5, 0.6) is 0 Å². The van der Waals surface area contributed by atoms with Gasteiger partial charge in [0.05, 0.1) is 17.1 Å². The summed E-state index contributed by atoms with van der Waals surface area (Å²) in [4.78, 5) is 13.7. The van der Waals surface area contributed by atoms with Crippen LogP contribution in [0.15, 0.2) is 23.1 Å². The van der Waals surface area contributed by atoms with Crippen molar-refractivity contribution in [3.8, 4) is 0 Å². The number of rotatable bonds is 8. The highest BCUT2D eigenvalue weighted by Crippen LogP contribution is 2.15. The molecule has 2 N–H and O–H groups in total. The lowest BCUT2D eigenvalue weighted by atomic mass is 10.2. The molecule has 156 valence electrons. The molecule has 1 heterocycles. The maximum atomic E-state index is 13.7. The summed E-state index contributed by atoms with van der Waals surface area (Å²) in [6.07, 6.45) is 0.652. The topological polar surface area (TPSA) is 87.7 Å². The molecule has 1 saturated heterocycles. The van der Waals surface area contributed by atoms with Crippen LogP contribution in [-0.4, -0.2) is 65.2 Å². The van der Waals surface area contributed by atoms with Gasteiger partial charge < -0.3 is 15.0 Å². The molecule has 11 heteroatoms. The molecule has 1 aliphatic heterocycles. The minimum Gasteiger partial charge on any atom is -0.462 e. The molecule has 0 aliphatic carbocycles. The van der Waals surface area contributed by atoms with E-state index in [1.54, 1.807) is 6.92 Å². The number of nitrogens with one attached hydrogen (secondary N) is 2. The largest absolute Gasteiger partial charge is 0.462 e. The maximum Gasteiger partial charge on any atom is 0.338 e. The highest BCUT2D eigenvalue weighted by atomic mass is 35.5. The number of esters is 1. The molecule has 2 rings (SSSR count). The second-order valence-corrected chi connectivity index (χ2v) is 7.51. The van der Waals surface area contributed by atoms with Crippen molar-refractivity contribution in [1.82, 2.24) is 14.9 Å². The molecule has 7 nitrogen and oxygen atoms in total. The van der Waals surface area contributed by atoms with E-state index in [9.17, 15) is 17.6 Å². The van der Waals surface area contributed by atoms with Crippen molar-refractivity contribution in [2.75, 3.05) is 45.9 Å². The Hall–Kier alpha value is -0.970. The Morgan fingerprint density at radius 1 is 1.26 bits per heavy atom. The van der Waals surface area contributed by atoms with Crippen molar-refractivity contribution in [2.24, 2.45) is 0 Å². The molecule has 0 radical (unpaired) electrons. The molecule has 27 heavy (non-hydrogen) atoms. The SMILES string of the molecule is CCOC(=O)c1cc(F)cc(S(=O)(=O)NCCCN2CCNCC2)c1.Cl.Cl. The summed E-state index contributed by atoms with van der Waals surface area (Å²) < 4.78 is 45.5. The summed E-state index contributed by atoms with van der Waals surface area (Å²) in [7, 11) is -3.89. The number of carbonyl (C=O) groups excluding carboxylic acids is 1. The van der Waals surface area contributed by atoms with E-state index in [0.717, 1.165) is 50.9 Å². The Kier molecular flexibility index (Phi) is 12.0. The van der Waals surface area contributed by atoms with Gasteiger partial charge in [0.1, 0.15) is 5.82 Å². The first kappa shape index (κ1) is 26.0. The number of ether oxygens (including phenoxy) is 1. The van der Waals surface area contributed by atoms with Gasteiger partial charge in [0.2, 0.25) is 10.0 Å². The van der Waals surface area contributed by atoms with Crippen molar-refractivity contribution in [2.45, 2.75) is 18.2 Å². The molecule has 0 bridgehead atoms. The Bertz CT molecular complexity index is 701. The van der Waals surface area contributed by atoms with Crippen molar-refractivity contribution < 1.29 is 22.3 Å². The van der Waals surface area contributed by atoms with Crippen molar-refractivity contribution in [3.63, 3.8) is 0 Å². The van der Waals surface area contributed by atoms with Gasteiger partial charge in [-0.2, -0.15) is 0 Å². The van der Waals surface area contributed by atoms with Crippen molar-refractivity contribution in [3.05, 3.63) is 29.6 Å². The number of sulfonamides is 1. The van der Waals surface area contributed by atoms with Crippen LogP contribution >= 0.6 is 24.8 Å². The van der Waals surface area contributed by atoms with Crippen LogP contribution in [0, 0.1) is 5.82 Å². The highest BCUT2D eigenvalue weighted by molar-refractivity contribution is 7.89. The molecule has 1 aromatic carbocycles. The standard InChI is InChI=1S/C16H24FN3O4S.2ClH/c1-2-24-16(21)13-10-14(17)12-15(11-13)25(22,23)19-4-3-7-20-8-5-18-6-9-20;;/h10-12,18-19H,2-9H2,1H3;2*1H. The van der Waals surface area contributed by atoms with Gasteiger partial charge >= 0.3 is 5.97 Å². The monoisotopic (exact) mass is 445 g/mol. The number of benzene rings is 1. The van der Waals surface area contributed by atoms with Crippen LogP contribution in [0.2, 0.25) is 0 Å². The minimum atomic E-state index is -3.89. The van der Waals surface area contributed by atoms with Gasteiger partial charge in [-0.1, -0.05) is 0 Å². The van der Waals surface area contributed by atoms with Gasteiger partial charge in [-0.15, -0.1) is 24.8 Å². The van der Waals surface area contributed by atoms with Crippen LogP contribution in [0.4, 0.5) is 4.39 Å². The van der Waals surface area contributed by atoms with Crippen molar-refractivity contribution >= 4 is 40.8 Å². The molecule has 0 aromatic heterocycles. The summed E-state index contributed by atoms with van der Waals surface area (Å²) in [5.41, 5.74) is -0.122. The van der Waals surface area contributed by atoms with Gasteiger partial charge in [0, 0.05) is 32.7 Å². The molecule has 0 atom stereocenters. The fourth-order valence-corrected chi connectivity index (χ4v) is 3.71. The third-order valence-corrected chi connectivity index (χ3v) is 5.29. The highest BCUT2D eigenvalue weighted by Gasteiger charge is 2.19. The Morgan fingerprint density at radius 3 is 2.56 bits per heavy atom. The second kappa shape index (κ2) is 12.5. The number of hydrogen-bond acceptors (Lipinski definition) is 6. The number of carbonyl (C=O) groups is 1. The van der Waals surface area contributed by atoms with Gasteiger partial charge in [-0.3, -0.25) is 0 Å². The Labute approximate surface area is 171 Å². The fraction of sp³-hybridized carbons (Fsp3) is 0.562. The number of hydrogen-bond donors (Lipinski definition) is 2. The van der Waals surface area contributed by atoms with E-state index >= 15 is 0 Å². The Morgan fingerprint density at radius 2 is 1.93 bits per heavy atom. The van der Waals surface area contributed by atoms with E-state index in [1.165, 1.54) is 0 Å². The predicted octanol–water partition coefficient (Wildman–Crippen LogP) is 1.42. The maximum absolute atomic E-state index is 13.7. The molecule has 0 unspecified atom stereocenters. The lowest BCUT2D eigenvalue weighted by molar-refractivity contribution is 0.0525. The summed E-state index contributed by atoms with van der Waals surface area (Å²) in [5, 5.41) is 3.25. The fourth-order valence-electron chi connectivity index (χ4n) is 2.58. The first-order chi connectivity index (χ1) is 11.9. The average Bonchev–Trinajstić information content (AvgIpc) is 2.59. The van der Waals surface area contributed by atoms with E-state index in [-0.39, 0.29) is 48.4 Å². The van der Waals surface area contributed by atoms with Gasteiger partial charge in [0.25, 0.3) is 0 Å². The molecule has 0 saturated carbocycles. The number of halogens is 3. The van der Waals surface area contributed by atoms with Crippen LogP contribution in [0.25, 0.3) is 0 Å². The summed E-state index contributed by atoms with van der Waals surface area (Å²) in [5.74, 6) is -1.55. The molecular weight excluding hydrogens is 420 g/mol. The zero-order valence-electron chi connectivity index (χ0n) is 15.1. The number of piperazine rings is 1. The molecule has 0 amide bonds. The summed E-state index contributed by atoms with van der Waals surface area (Å²) in [6.45, 7) is 6.55. The van der Waals surface area contributed by atoms with E-state index in [2.05, 4.69) is 14.9 Å². The first-order valence-electron chi connectivity index (χ1n) is 8.33.